The zero-order valence-electron chi connectivity index (χ0n) is 11.8. The molecule has 0 fully saturated rings. The first-order valence-corrected chi connectivity index (χ1v) is 6.12. The number of anilines is 2. The third kappa shape index (κ3) is 3.88. The highest BCUT2D eigenvalue weighted by molar-refractivity contribution is 5.47. The molecule has 0 bridgehead atoms. The van der Waals surface area contributed by atoms with Crippen LogP contribution < -0.4 is 10.6 Å². The molecule has 0 aromatic carbocycles. The first-order valence-electron chi connectivity index (χ1n) is 6.12. The van der Waals surface area contributed by atoms with Crippen molar-refractivity contribution in [1.82, 2.24) is 9.97 Å². The van der Waals surface area contributed by atoms with Crippen LogP contribution in [-0.4, -0.2) is 23.6 Å². The van der Waals surface area contributed by atoms with Crippen LogP contribution in [0.2, 0.25) is 0 Å². The molecular weight excluding hydrogens is 212 g/mol. The molecule has 1 heterocycles. The van der Waals surface area contributed by atoms with Crippen molar-refractivity contribution in [2.75, 3.05) is 24.2 Å². The van der Waals surface area contributed by atoms with Crippen molar-refractivity contribution in [3.63, 3.8) is 0 Å². The highest BCUT2D eigenvalue weighted by Gasteiger charge is 2.22. The average Bonchev–Trinajstić information content (AvgIpc) is 2.25. The Morgan fingerprint density at radius 3 is 2.35 bits per heavy atom. The van der Waals surface area contributed by atoms with Crippen LogP contribution in [-0.2, 0) is 0 Å². The lowest BCUT2D eigenvalue weighted by Gasteiger charge is -2.29. The molecule has 1 rings (SSSR count). The van der Waals surface area contributed by atoms with Crippen LogP contribution in [0.1, 0.15) is 33.5 Å². The Bertz CT molecular complexity index is 372. The molecule has 1 aromatic heterocycles. The molecule has 4 nitrogen and oxygen atoms in total. The van der Waals surface area contributed by atoms with Crippen LogP contribution in [0.25, 0.3) is 0 Å². The van der Waals surface area contributed by atoms with E-state index in [0.29, 0.717) is 5.92 Å². The summed E-state index contributed by atoms with van der Waals surface area (Å²) in [5, 5.41) is 6.43. The molecule has 4 heteroatoms. The smallest absolute Gasteiger partial charge is 0.131 e. The van der Waals surface area contributed by atoms with Gasteiger partial charge < -0.3 is 10.6 Å². The minimum Gasteiger partial charge on any atom is -0.373 e. The van der Waals surface area contributed by atoms with Crippen LogP contribution in [0, 0.1) is 18.3 Å². The topological polar surface area (TPSA) is 49.8 Å². The third-order valence-corrected chi connectivity index (χ3v) is 3.38. The normalized spacial score (nSPS) is 11.7. The number of rotatable bonds is 5. The van der Waals surface area contributed by atoms with Gasteiger partial charge in [0.2, 0.25) is 0 Å². The second-order valence-electron chi connectivity index (χ2n) is 5.43. The van der Waals surface area contributed by atoms with Gasteiger partial charge in [0, 0.05) is 19.7 Å². The van der Waals surface area contributed by atoms with Crippen molar-refractivity contribution >= 4 is 11.6 Å². The number of aryl methyl sites for hydroxylation is 1. The number of hydrogen-bond donors (Lipinski definition) is 2. The molecule has 0 radical (unpaired) electrons. The Morgan fingerprint density at radius 1 is 1.24 bits per heavy atom. The predicted octanol–water partition coefficient (Wildman–Crippen LogP) is 2.92. The van der Waals surface area contributed by atoms with E-state index in [9.17, 15) is 0 Å². The van der Waals surface area contributed by atoms with E-state index in [2.05, 4.69) is 48.3 Å². The van der Waals surface area contributed by atoms with E-state index in [0.717, 1.165) is 24.0 Å². The lowest BCUT2D eigenvalue weighted by atomic mass is 9.81. The van der Waals surface area contributed by atoms with E-state index < -0.39 is 0 Å². The van der Waals surface area contributed by atoms with E-state index in [1.807, 2.05) is 20.0 Å². The maximum Gasteiger partial charge on any atom is 0.131 e. The standard InChI is InChI=1S/C13H24N4/c1-9(2)13(4,5)8-15-12-7-11(14-6)16-10(3)17-12/h7,9H,8H2,1-6H3,(H2,14,15,16,17). The summed E-state index contributed by atoms with van der Waals surface area (Å²) in [6.45, 7) is 11.8. The number of aromatic nitrogens is 2. The van der Waals surface area contributed by atoms with E-state index in [1.54, 1.807) is 0 Å². The fraction of sp³-hybridized carbons (Fsp3) is 0.692. The molecule has 0 aliphatic heterocycles. The fourth-order valence-electron chi connectivity index (χ4n) is 1.31. The predicted molar refractivity (Wildman–Crippen MR) is 73.4 cm³/mol. The first kappa shape index (κ1) is 13.7. The largest absolute Gasteiger partial charge is 0.373 e. The highest BCUT2D eigenvalue weighted by atomic mass is 15.1. The van der Waals surface area contributed by atoms with Crippen LogP contribution in [0.5, 0.6) is 0 Å². The Hall–Kier alpha value is -1.32. The molecule has 0 atom stereocenters. The summed E-state index contributed by atoms with van der Waals surface area (Å²) in [5.41, 5.74) is 0.249. The summed E-state index contributed by atoms with van der Waals surface area (Å²) in [5.74, 6) is 3.14. The Labute approximate surface area is 104 Å². The molecule has 2 N–H and O–H groups in total. The van der Waals surface area contributed by atoms with E-state index in [1.165, 1.54) is 0 Å². The van der Waals surface area contributed by atoms with Crippen LogP contribution in [0.15, 0.2) is 6.07 Å². The van der Waals surface area contributed by atoms with Crippen molar-refractivity contribution in [3.8, 4) is 0 Å². The fourth-order valence-corrected chi connectivity index (χ4v) is 1.31. The van der Waals surface area contributed by atoms with Gasteiger partial charge in [0.05, 0.1) is 0 Å². The van der Waals surface area contributed by atoms with Gasteiger partial charge in [-0.15, -0.1) is 0 Å². The van der Waals surface area contributed by atoms with Crippen molar-refractivity contribution in [1.29, 1.82) is 0 Å². The van der Waals surface area contributed by atoms with Gasteiger partial charge in [0.15, 0.2) is 0 Å². The molecule has 0 amide bonds. The second kappa shape index (κ2) is 5.34. The minimum atomic E-state index is 0.249. The van der Waals surface area contributed by atoms with Crippen molar-refractivity contribution in [3.05, 3.63) is 11.9 Å². The lowest BCUT2D eigenvalue weighted by molar-refractivity contribution is 0.269. The molecule has 17 heavy (non-hydrogen) atoms. The Kier molecular flexibility index (Phi) is 4.32. The molecule has 1 aromatic rings. The summed E-state index contributed by atoms with van der Waals surface area (Å²) in [6.07, 6.45) is 0. The van der Waals surface area contributed by atoms with Gasteiger partial charge in [-0.3, -0.25) is 0 Å². The number of hydrogen-bond acceptors (Lipinski definition) is 4. The van der Waals surface area contributed by atoms with Crippen molar-refractivity contribution < 1.29 is 0 Å². The van der Waals surface area contributed by atoms with Crippen LogP contribution >= 0.6 is 0 Å². The maximum atomic E-state index is 4.38. The zero-order chi connectivity index (χ0) is 13.1. The van der Waals surface area contributed by atoms with Crippen molar-refractivity contribution in [2.45, 2.75) is 34.6 Å². The Balaban J connectivity index is 2.72. The van der Waals surface area contributed by atoms with Gasteiger partial charge in [-0.25, -0.2) is 9.97 Å². The monoisotopic (exact) mass is 236 g/mol. The zero-order valence-corrected chi connectivity index (χ0v) is 11.8. The molecule has 0 saturated carbocycles. The van der Waals surface area contributed by atoms with Crippen molar-refractivity contribution in [2.24, 2.45) is 11.3 Å². The average molecular weight is 236 g/mol. The third-order valence-electron chi connectivity index (χ3n) is 3.38. The molecule has 0 unspecified atom stereocenters. The highest BCUT2D eigenvalue weighted by Crippen LogP contribution is 2.26. The van der Waals surface area contributed by atoms with Gasteiger partial charge >= 0.3 is 0 Å². The van der Waals surface area contributed by atoms with Crippen LogP contribution in [0.3, 0.4) is 0 Å². The van der Waals surface area contributed by atoms with Crippen LogP contribution in [0.4, 0.5) is 11.6 Å². The van der Waals surface area contributed by atoms with E-state index in [-0.39, 0.29) is 5.41 Å². The van der Waals surface area contributed by atoms with Gasteiger partial charge in [-0.1, -0.05) is 27.7 Å². The quantitative estimate of drug-likeness (QED) is 0.825. The lowest BCUT2D eigenvalue weighted by Crippen LogP contribution is -2.28. The number of nitrogens with zero attached hydrogens (tertiary/aromatic N) is 2. The maximum absolute atomic E-state index is 4.38. The molecule has 0 saturated heterocycles. The van der Waals surface area contributed by atoms with E-state index in [4.69, 9.17) is 0 Å². The summed E-state index contributed by atoms with van der Waals surface area (Å²) < 4.78 is 0. The summed E-state index contributed by atoms with van der Waals surface area (Å²) >= 11 is 0. The number of nitrogens with one attached hydrogen (secondary N) is 2. The first-order chi connectivity index (χ1) is 7.85. The summed E-state index contributed by atoms with van der Waals surface area (Å²) in [7, 11) is 1.86. The molecule has 0 spiro atoms. The summed E-state index contributed by atoms with van der Waals surface area (Å²) in [6, 6.07) is 1.93. The summed E-state index contributed by atoms with van der Waals surface area (Å²) in [4.78, 5) is 8.65. The second-order valence-corrected chi connectivity index (χ2v) is 5.43. The SMILES string of the molecule is CNc1cc(NCC(C)(C)C(C)C)nc(C)n1. The van der Waals surface area contributed by atoms with Gasteiger partial charge in [-0.2, -0.15) is 0 Å². The molecular formula is C13H24N4. The van der Waals surface area contributed by atoms with Gasteiger partial charge in [0.1, 0.15) is 17.5 Å². The molecule has 0 aliphatic rings. The van der Waals surface area contributed by atoms with Gasteiger partial charge in [0.25, 0.3) is 0 Å². The van der Waals surface area contributed by atoms with E-state index >= 15 is 0 Å². The van der Waals surface area contributed by atoms with Gasteiger partial charge in [-0.05, 0) is 18.3 Å². The molecule has 0 aliphatic carbocycles. The Morgan fingerprint density at radius 2 is 1.82 bits per heavy atom. The minimum absolute atomic E-state index is 0.249. The molecule has 96 valence electrons.